The number of amidine groups is 1. The Balaban J connectivity index is 2.05. The molecule has 1 N–H and O–H groups in total. The number of amides is 1. The Morgan fingerprint density at radius 1 is 1.47 bits per heavy atom. The molecule has 1 aliphatic heterocycles. The summed E-state index contributed by atoms with van der Waals surface area (Å²) in [7, 11) is 0. The number of rotatable bonds is 3. The maximum absolute atomic E-state index is 12.1. The van der Waals surface area contributed by atoms with Crippen LogP contribution in [0.5, 0.6) is 0 Å². The van der Waals surface area contributed by atoms with Gasteiger partial charge in [0, 0.05) is 5.75 Å². The summed E-state index contributed by atoms with van der Waals surface area (Å²) in [5, 5.41) is 3.67. The fraction of sp³-hybridized carbons (Fsp3) is 0.385. The fourth-order valence-electron chi connectivity index (χ4n) is 1.86. The van der Waals surface area contributed by atoms with Gasteiger partial charge in [-0.05, 0) is 12.0 Å². The van der Waals surface area contributed by atoms with E-state index < -0.39 is 0 Å². The smallest absolute Gasteiger partial charge is 0.233 e. The van der Waals surface area contributed by atoms with Gasteiger partial charge in [0.1, 0.15) is 0 Å². The largest absolute Gasteiger partial charge is 0.305 e. The van der Waals surface area contributed by atoms with E-state index in [0.717, 1.165) is 29.4 Å². The quantitative estimate of drug-likeness (QED) is 0.892. The van der Waals surface area contributed by atoms with Crippen molar-refractivity contribution in [1.82, 2.24) is 5.32 Å². The zero-order chi connectivity index (χ0) is 12.1. The van der Waals surface area contributed by atoms with Gasteiger partial charge in [0.2, 0.25) is 5.91 Å². The van der Waals surface area contributed by atoms with Crippen molar-refractivity contribution in [1.29, 1.82) is 0 Å². The highest BCUT2D eigenvalue weighted by Crippen LogP contribution is 2.20. The van der Waals surface area contributed by atoms with Gasteiger partial charge in [-0.25, -0.2) is 0 Å². The summed E-state index contributed by atoms with van der Waals surface area (Å²) in [5.41, 5.74) is 1.07. The van der Waals surface area contributed by atoms with E-state index in [2.05, 4.69) is 10.3 Å². The van der Waals surface area contributed by atoms with Crippen LogP contribution in [0.25, 0.3) is 0 Å². The van der Waals surface area contributed by atoms with Crippen molar-refractivity contribution in [2.45, 2.75) is 19.3 Å². The van der Waals surface area contributed by atoms with Crippen LogP contribution in [-0.2, 0) is 4.79 Å². The van der Waals surface area contributed by atoms with Gasteiger partial charge >= 0.3 is 0 Å². The number of nitrogens with one attached hydrogen (secondary N) is 1. The minimum Gasteiger partial charge on any atom is -0.305 e. The minimum atomic E-state index is -0.0832. The first kappa shape index (κ1) is 12.2. The third-order valence-corrected chi connectivity index (χ3v) is 3.63. The van der Waals surface area contributed by atoms with Crippen LogP contribution in [-0.4, -0.2) is 23.4 Å². The number of nitrogens with zero attached hydrogens (tertiary/aromatic N) is 1. The normalized spacial score (nSPS) is 16.4. The van der Waals surface area contributed by atoms with E-state index in [1.165, 1.54) is 0 Å². The minimum absolute atomic E-state index is 0.0480. The van der Waals surface area contributed by atoms with Crippen molar-refractivity contribution in [3.05, 3.63) is 35.9 Å². The number of thioether (sulfide) groups is 1. The average Bonchev–Trinajstić information content (AvgIpc) is 2.84. The lowest BCUT2D eigenvalue weighted by atomic mass is 9.96. The third-order valence-electron chi connectivity index (χ3n) is 2.74. The van der Waals surface area contributed by atoms with Gasteiger partial charge in [0.25, 0.3) is 0 Å². The highest BCUT2D eigenvalue weighted by Gasteiger charge is 2.20. The predicted octanol–water partition coefficient (Wildman–Crippen LogP) is 2.40. The molecule has 1 aromatic carbocycles. The Morgan fingerprint density at radius 3 is 2.82 bits per heavy atom. The zero-order valence-corrected chi connectivity index (χ0v) is 10.7. The fourth-order valence-corrected chi connectivity index (χ4v) is 2.59. The van der Waals surface area contributed by atoms with Gasteiger partial charge in [-0.2, -0.15) is 0 Å². The van der Waals surface area contributed by atoms with E-state index in [1.54, 1.807) is 11.8 Å². The van der Waals surface area contributed by atoms with Crippen LogP contribution in [0.4, 0.5) is 0 Å². The molecule has 3 nitrogen and oxygen atoms in total. The highest BCUT2D eigenvalue weighted by molar-refractivity contribution is 8.14. The molecule has 0 saturated carbocycles. The van der Waals surface area contributed by atoms with E-state index in [-0.39, 0.29) is 11.8 Å². The maximum atomic E-state index is 12.1. The van der Waals surface area contributed by atoms with Gasteiger partial charge in [0.15, 0.2) is 5.17 Å². The monoisotopic (exact) mass is 248 g/mol. The Kier molecular flexibility index (Phi) is 4.20. The van der Waals surface area contributed by atoms with Gasteiger partial charge < -0.3 is 5.32 Å². The number of benzene rings is 1. The van der Waals surface area contributed by atoms with E-state index >= 15 is 0 Å². The maximum Gasteiger partial charge on any atom is 0.233 e. The Bertz CT molecular complexity index is 417. The van der Waals surface area contributed by atoms with E-state index in [0.29, 0.717) is 0 Å². The summed E-state index contributed by atoms with van der Waals surface area (Å²) in [6.45, 7) is 2.84. The van der Waals surface area contributed by atoms with Crippen LogP contribution in [0.15, 0.2) is 35.3 Å². The molecular formula is C13H16N2OS. The van der Waals surface area contributed by atoms with Crippen molar-refractivity contribution < 1.29 is 4.79 Å². The molecule has 0 aromatic heterocycles. The van der Waals surface area contributed by atoms with Crippen LogP contribution < -0.4 is 5.32 Å². The molecule has 0 fully saturated rings. The highest BCUT2D eigenvalue weighted by atomic mass is 32.2. The Morgan fingerprint density at radius 2 is 2.24 bits per heavy atom. The molecule has 1 heterocycles. The first-order valence-corrected chi connectivity index (χ1v) is 6.83. The van der Waals surface area contributed by atoms with Gasteiger partial charge in [-0.1, -0.05) is 49.0 Å². The molecule has 2 rings (SSSR count). The van der Waals surface area contributed by atoms with Crippen molar-refractivity contribution in [3.63, 3.8) is 0 Å². The molecule has 0 spiro atoms. The predicted molar refractivity (Wildman–Crippen MR) is 72.4 cm³/mol. The molecule has 0 aliphatic carbocycles. The van der Waals surface area contributed by atoms with Crippen LogP contribution in [0, 0.1) is 0 Å². The lowest BCUT2D eigenvalue weighted by Gasteiger charge is -2.14. The summed E-state index contributed by atoms with van der Waals surface area (Å²) in [5.74, 6) is 0.935. The summed E-state index contributed by atoms with van der Waals surface area (Å²) < 4.78 is 0. The summed E-state index contributed by atoms with van der Waals surface area (Å²) in [4.78, 5) is 16.4. The third kappa shape index (κ3) is 3.09. The molecular weight excluding hydrogens is 232 g/mol. The number of aliphatic imine (C=N–C) groups is 1. The number of carbonyl (C=O) groups is 1. The molecule has 1 aromatic rings. The summed E-state index contributed by atoms with van der Waals surface area (Å²) in [6, 6.07) is 9.89. The molecule has 1 amide bonds. The topological polar surface area (TPSA) is 41.5 Å². The SMILES string of the molecule is CC[C@H](C(=O)NC1=NCCS1)c1ccccc1. The van der Waals surface area contributed by atoms with Crippen molar-refractivity contribution in [3.8, 4) is 0 Å². The molecule has 1 atom stereocenters. The van der Waals surface area contributed by atoms with Crippen molar-refractivity contribution in [2.24, 2.45) is 4.99 Å². The number of hydrogen-bond acceptors (Lipinski definition) is 3. The van der Waals surface area contributed by atoms with Crippen molar-refractivity contribution in [2.75, 3.05) is 12.3 Å². The number of carbonyl (C=O) groups excluding carboxylic acids is 1. The van der Waals surface area contributed by atoms with Crippen LogP contribution in [0.1, 0.15) is 24.8 Å². The standard InChI is InChI=1S/C13H16N2OS/c1-2-11(10-6-4-3-5-7-10)12(16)15-13-14-8-9-17-13/h3-7,11H,2,8-9H2,1H3,(H,14,15,16)/t11-/m0/s1. The second-order valence-corrected chi connectivity index (χ2v) is 4.98. The zero-order valence-electron chi connectivity index (χ0n) is 9.85. The second kappa shape index (κ2) is 5.87. The molecule has 4 heteroatoms. The van der Waals surface area contributed by atoms with Gasteiger partial charge in [-0.15, -0.1) is 0 Å². The average molecular weight is 248 g/mol. The molecule has 90 valence electrons. The molecule has 0 radical (unpaired) electrons. The van der Waals surface area contributed by atoms with Gasteiger partial charge in [0.05, 0.1) is 12.5 Å². The molecule has 0 saturated heterocycles. The molecule has 0 unspecified atom stereocenters. The number of hydrogen-bond donors (Lipinski definition) is 1. The summed E-state index contributed by atoms with van der Waals surface area (Å²) in [6.07, 6.45) is 0.799. The lowest BCUT2D eigenvalue weighted by molar-refractivity contribution is -0.121. The van der Waals surface area contributed by atoms with E-state index in [9.17, 15) is 4.79 Å². The molecule has 1 aliphatic rings. The Hall–Kier alpha value is -1.29. The first-order valence-electron chi connectivity index (χ1n) is 5.84. The van der Waals surface area contributed by atoms with Gasteiger partial charge in [-0.3, -0.25) is 9.79 Å². The van der Waals surface area contributed by atoms with Crippen LogP contribution >= 0.6 is 11.8 Å². The van der Waals surface area contributed by atoms with Crippen molar-refractivity contribution >= 4 is 22.8 Å². The first-order chi connectivity index (χ1) is 8.31. The lowest BCUT2D eigenvalue weighted by Crippen LogP contribution is -2.32. The van der Waals surface area contributed by atoms with E-state index in [1.807, 2.05) is 37.3 Å². The van der Waals surface area contributed by atoms with Crippen LogP contribution in [0.3, 0.4) is 0 Å². The van der Waals surface area contributed by atoms with E-state index in [4.69, 9.17) is 0 Å². The van der Waals surface area contributed by atoms with Crippen LogP contribution in [0.2, 0.25) is 0 Å². The molecule has 0 bridgehead atoms. The Labute approximate surface area is 106 Å². The second-order valence-electron chi connectivity index (χ2n) is 3.90. The summed E-state index contributed by atoms with van der Waals surface area (Å²) >= 11 is 1.61. The molecule has 17 heavy (non-hydrogen) atoms.